The lowest BCUT2D eigenvalue weighted by molar-refractivity contribution is 0.364. The van der Waals surface area contributed by atoms with Gasteiger partial charge in [0.15, 0.2) is 0 Å². The van der Waals surface area contributed by atoms with Crippen LogP contribution < -0.4 is 5.32 Å². The molecule has 2 rings (SSSR count). The van der Waals surface area contributed by atoms with Gasteiger partial charge in [-0.3, -0.25) is 0 Å². The second-order valence-electron chi connectivity index (χ2n) is 5.83. The molecule has 1 aromatic carbocycles. The first-order valence-corrected chi connectivity index (χ1v) is 6.94. The second-order valence-corrected chi connectivity index (χ2v) is 5.83. The van der Waals surface area contributed by atoms with Crippen LogP contribution in [0.5, 0.6) is 0 Å². The Labute approximate surface area is 106 Å². The third-order valence-corrected chi connectivity index (χ3v) is 3.96. The predicted molar refractivity (Wildman–Crippen MR) is 74.2 cm³/mol. The Morgan fingerprint density at radius 3 is 2.35 bits per heavy atom. The molecule has 0 bridgehead atoms. The molecule has 0 heterocycles. The molecule has 1 aromatic rings. The van der Waals surface area contributed by atoms with Crippen molar-refractivity contribution < 1.29 is 0 Å². The SMILES string of the molecule is Cc1ccc(CC(C)C(C)CNC2CC2)cc1. The molecule has 0 saturated heterocycles. The van der Waals surface area contributed by atoms with Gasteiger partial charge in [-0.1, -0.05) is 43.7 Å². The quantitative estimate of drug-likeness (QED) is 0.789. The number of aryl methyl sites for hydroxylation is 1. The van der Waals surface area contributed by atoms with Gasteiger partial charge in [0, 0.05) is 6.04 Å². The van der Waals surface area contributed by atoms with Gasteiger partial charge in [0.2, 0.25) is 0 Å². The first-order valence-electron chi connectivity index (χ1n) is 6.94. The minimum Gasteiger partial charge on any atom is -0.314 e. The van der Waals surface area contributed by atoms with Crippen LogP contribution in [0.2, 0.25) is 0 Å². The maximum Gasteiger partial charge on any atom is 0.00683 e. The average Bonchev–Trinajstić information content (AvgIpc) is 3.13. The monoisotopic (exact) mass is 231 g/mol. The maximum absolute atomic E-state index is 3.63. The number of nitrogens with one attached hydrogen (secondary N) is 1. The van der Waals surface area contributed by atoms with E-state index in [9.17, 15) is 0 Å². The smallest absolute Gasteiger partial charge is 0.00683 e. The Balaban J connectivity index is 1.78. The summed E-state index contributed by atoms with van der Waals surface area (Å²) in [4.78, 5) is 0. The predicted octanol–water partition coefficient (Wildman–Crippen LogP) is 3.56. The van der Waals surface area contributed by atoms with E-state index in [1.807, 2.05) is 0 Å². The summed E-state index contributed by atoms with van der Waals surface area (Å²) < 4.78 is 0. The van der Waals surface area contributed by atoms with Gasteiger partial charge < -0.3 is 5.32 Å². The topological polar surface area (TPSA) is 12.0 Å². The summed E-state index contributed by atoms with van der Waals surface area (Å²) >= 11 is 0. The van der Waals surface area contributed by atoms with Crippen molar-refractivity contribution in [3.8, 4) is 0 Å². The Hall–Kier alpha value is -0.820. The highest BCUT2D eigenvalue weighted by molar-refractivity contribution is 5.21. The van der Waals surface area contributed by atoms with Crippen molar-refractivity contribution in [1.82, 2.24) is 5.32 Å². The molecule has 1 heteroatoms. The van der Waals surface area contributed by atoms with Gasteiger partial charge in [-0.05, 0) is 50.1 Å². The highest BCUT2D eigenvalue weighted by atomic mass is 14.9. The summed E-state index contributed by atoms with van der Waals surface area (Å²) in [5, 5.41) is 3.63. The summed E-state index contributed by atoms with van der Waals surface area (Å²) in [6.45, 7) is 8.07. The Morgan fingerprint density at radius 2 is 1.76 bits per heavy atom. The minimum atomic E-state index is 0.754. The van der Waals surface area contributed by atoms with Crippen LogP contribution in [-0.2, 0) is 6.42 Å². The van der Waals surface area contributed by atoms with Crippen molar-refractivity contribution in [2.75, 3.05) is 6.54 Å². The van der Waals surface area contributed by atoms with Gasteiger partial charge >= 0.3 is 0 Å². The molecule has 1 nitrogen and oxygen atoms in total. The van der Waals surface area contributed by atoms with Crippen molar-refractivity contribution in [1.29, 1.82) is 0 Å². The Kier molecular flexibility index (Phi) is 4.22. The molecule has 2 atom stereocenters. The van der Waals surface area contributed by atoms with Crippen LogP contribution in [0.4, 0.5) is 0 Å². The van der Waals surface area contributed by atoms with Crippen LogP contribution in [0.1, 0.15) is 37.8 Å². The van der Waals surface area contributed by atoms with E-state index in [1.54, 1.807) is 0 Å². The van der Waals surface area contributed by atoms with E-state index >= 15 is 0 Å². The van der Waals surface area contributed by atoms with Crippen LogP contribution in [0.3, 0.4) is 0 Å². The van der Waals surface area contributed by atoms with Crippen molar-refractivity contribution in [3.05, 3.63) is 35.4 Å². The zero-order chi connectivity index (χ0) is 12.3. The molecule has 1 N–H and O–H groups in total. The fraction of sp³-hybridized carbons (Fsp3) is 0.625. The van der Waals surface area contributed by atoms with Crippen LogP contribution in [0.25, 0.3) is 0 Å². The minimum absolute atomic E-state index is 0.754. The van der Waals surface area contributed by atoms with Gasteiger partial charge in [0.1, 0.15) is 0 Å². The van der Waals surface area contributed by atoms with Crippen LogP contribution in [0, 0.1) is 18.8 Å². The molecular formula is C16H25N. The Bertz CT molecular complexity index is 337. The van der Waals surface area contributed by atoms with Crippen LogP contribution >= 0.6 is 0 Å². The fourth-order valence-electron chi connectivity index (χ4n) is 2.14. The van der Waals surface area contributed by atoms with E-state index < -0.39 is 0 Å². The van der Waals surface area contributed by atoms with Crippen molar-refractivity contribution in [3.63, 3.8) is 0 Å². The van der Waals surface area contributed by atoms with Gasteiger partial charge in [-0.15, -0.1) is 0 Å². The van der Waals surface area contributed by atoms with E-state index in [1.165, 1.54) is 36.9 Å². The lowest BCUT2D eigenvalue weighted by atomic mass is 9.89. The summed E-state index contributed by atoms with van der Waals surface area (Å²) in [7, 11) is 0. The molecule has 0 aromatic heterocycles. The van der Waals surface area contributed by atoms with Crippen LogP contribution in [0.15, 0.2) is 24.3 Å². The standard InChI is InChI=1S/C16H25N/c1-12-4-6-15(7-5-12)10-13(2)14(3)11-17-16-8-9-16/h4-7,13-14,16-17H,8-11H2,1-3H3. The number of hydrogen-bond acceptors (Lipinski definition) is 1. The average molecular weight is 231 g/mol. The van der Waals surface area contributed by atoms with E-state index in [-0.39, 0.29) is 0 Å². The van der Waals surface area contributed by atoms with Crippen molar-refractivity contribution in [2.24, 2.45) is 11.8 Å². The third-order valence-electron chi connectivity index (χ3n) is 3.96. The molecule has 0 aliphatic heterocycles. The lowest BCUT2D eigenvalue weighted by Crippen LogP contribution is -2.27. The van der Waals surface area contributed by atoms with E-state index in [0.717, 1.165) is 17.9 Å². The largest absolute Gasteiger partial charge is 0.314 e. The summed E-state index contributed by atoms with van der Waals surface area (Å²) in [6.07, 6.45) is 3.98. The molecule has 17 heavy (non-hydrogen) atoms. The zero-order valence-electron chi connectivity index (χ0n) is 11.4. The summed E-state index contributed by atoms with van der Waals surface area (Å²) in [6, 6.07) is 9.81. The maximum atomic E-state index is 3.63. The van der Waals surface area contributed by atoms with E-state index in [0.29, 0.717) is 0 Å². The molecule has 0 radical (unpaired) electrons. The molecule has 0 amide bonds. The number of benzene rings is 1. The third kappa shape index (κ3) is 4.16. The van der Waals surface area contributed by atoms with Crippen molar-refractivity contribution >= 4 is 0 Å². The molecule has 2 unspecified atom stereocenters. The fourth-order valence-corrected chi connectivity index (χ4v) is 2.14. The van der Waals surface area contributed by atoms with E-state index in [2.05, 4.69) is 50.4 Å². The van der Waals surface area contributed by atoms with Gasteiger partial charge in [0.05, 0.1) is 0 Å². The lowest BCUT2D eigenvalue weighted by Gasteiger charge is -2.20. The normalized spacial score (nSPS) is 19.0. The van der Waals surface area contributed by atoms with Crippen molar-refractivity contribution in [2.45, 2.75) is 46.1 Å². The molecular weight excluding hydrogens is 206 g/mol. The summed E-state index contributed by atoms with van der Waals surface area (Å²) in [5.74, 6) is 1.51. The molecule has 1 fully saturated rings. The first-order chi connectivity index (χ1) is 8.15. The van der Waals surface area contributed by atoms with Crippen LogP contribution in [-0.4, -0.2) is 12.6 Å². The molecule has 0 spiro atoms. The molecule has 1 saturated carbocycles. The molecule has 1 aliphatic carbocycles. The zero-order valence-corrected chi connectivity index (χ0v) is 11.4. The highest BCUT2D eigenvalue weighted by Gasteiger charge is 2.22. The molecule has 94 valence electrons. The van der Waals surface area contributed by atoms with Gasteiger partial charge in [0.25, 0.3) is 0 Å². The van der Waals surface area contributed by atoms with Gasteiger partial charge in [-0.25, -0.2) is 0 Å². The van der Waals surface area contributed by atoms with Gasteiger partial charge in [-0.2, -0.15) is 0 Å². The second kappa shape index (κ2) is 5.68. The molecule has 1 aliphatic rings. The number of hydrogen-bond donors (Lipinski definition) is 1. The summed E-state index contributed by atoms with van der Waals surface area (Å²) in [5.41, 5.74) is 2.83. The Morgan fingerprint density at radius 1 is 1.12 bits per heavy atom. The van der Waals surface area contributed by atoms with E-state index in [4.69, 9.17) is 0 Å². The highest BCUT2D eigenvalue weighted by Crippen LogP contribution is 2.21. The first kappa shape index (κ1) is 12.6. The number of rotatable bonds is 6.